The molecule has 0 saturated carbocycles. The molecule has 0 aromatic rings. The summed E-state index contributed by atoms with van der Waals surface area (Å²) in [4.78, 5) is 0. The Morgan fingerprint density at radius 1 is 0.632 bits per heavy atom. The van der Waals surface area contributed by atoms with E-state index in [0.717, 1.165) is 0 Å². The van der Waals surface area contributed by atoms with Gasteiger partial charge >= 0.3 is 24.7 Å². The van der Waals surface area contributed by atoms with Gasteiger partial charge in [-0.3, -0.25) is 0 Å². The fraction of sp³-hybridized carbons (Fsp3) is 1.00. The quantitative estimate of drug-likeness (QED) is 0.353. The molecule has 0 bridgehead atoms. The summed E-state index contributed by atoms with van der Waals surface area (Å²) in [5.41, 5.74) is 0. The highest BCUT2D eigenvalue weighted by molar-refractivity contribution is 4.67. The molecule has 0 spiro atoms. The van der Waals surface area contributed by atoms with Gasteiger partial charge in [0.15, 0.2) is 0 Å². The van der Waals surface area contributed by atoms with Gasteiger partial charge in [-0.25, -0.2) is 17.6 Å². The van der Waals surface area contributed by atoms with Crippen LogP contribution in [0.2, 0.25) is 0 Å². The van der Waals surface area contributed by atoms with Gasteiger partial charge in [-0.05, 0) is 0 Å². The lowest BCUT2D eigenvalue weighted by molar-refractivity contribution is -0.218. The van der Waals surface area contributed by atoms with Crippen molar-refractivity contribution in [3.63, 3.8) is 0 Å². The number of alkyl halides is 8. The maximum Gasteiger partial charge on any atom is 0.330 e. The lowest BCUT2D eigenvalue weighted by Crippen LogP contribution is -2.33. The van der Waals surface area contributed by atoms with E-state index in [1.54, 1.807) is 0 Å². The summed E-state index contributed by atoms with van der Waals surface area (Å²) in [5, 5.41) is 0. The van der Waals surface area contributed by atoms with E-state index in [2.05, 4.69) is 14.2 Å². The molecule has 0 unspecified atom stereocenters. The second kappa shape index (κ2) is 7.80. The largest absolute Gasteiger partial charge is 0.349 e. The molecule has 0 aliphatic rings. The summed E-state index contributed by atoms with van der Waals surface area (Å²) in [6.07, 6.45) is -7.85. The van der Waals surface area contributed by atoms with Crippen molar-refractivity contribution in [1.29, 1.82) is 0 Å². The molecular formula is C8H10F8O3. The Bertz CT molecular complexity index is 224. The Kier molecular flexibility index (Phi) is 7.52. The third-order valence-electron chi connectivity index (χ3n) is 1.56. The summed E-state index contributed by atoms with van der Waals surface area (Å²) in [6.45, 7) is -5.17. The van der Waals surface area contributed by atoms with Gasteiger partial charge in [-0.15, -0.1) is 0 Å². The Morgan fingerprint density at radius 2 is 0.947 bits per heavy atom. The molecule has 0 amide bonds. The molecule has 0 rings (SSSR count). The first-order chi connectivity index (χ1) is 8.59. The van der Waals surface area contributed by atoms with E-state index < -0.39 is 51.5 Å². The molecule has 0 aliphatic heterocycles. The SMILES string of the molecule is FC(F)C(F)(F)COCOCOCC(F)(F)C(F)F. The molecule has 116 valence electrons. The second-order valence-electron chi connectivity index (χ2n) is 3.26. The first-order valence-electron chi connectivity index (χ1n) is 4.65. The van der Waals surface area contributed by atoms with E-state index >= 15 is 0 Å². The van der Waals surface area contributed by atoms with Crippen LogP contribution in [0.5, 0.6) is 0 Å². The van der Waals surface area contributed by atoms with Crippen LogP contribution in [0.3, 0.4) is 0 Å². The number of hydrogen-bond acceptors (Lipinski definition) is 3. The van der Waals surface area contributed by atoms with Gasteiger partial charge in [-0.1, -0.05) is 0 Å². The summed E-state index contributed by atoms with van der Waals surface area (Å²) in [5.74, 6) is -8.74. The van der Waals surface area contributed by atoms with Crippen LogP contribution in [0.15, 0.2) is 0 Å². The lowest BCUT2D eigenvalue weighted by atomic mass is 10.4. The average Bonchev–Trinajstić information content (AvgIpc) is 2.27. The fourth-order valence-corrected chi connectivity index (χ4v) is 0.633. The summed E-state index contributed by atoms with van der Waals surface area (Å²) < 4.78 is 107. The number of ether oxygens (including phenoxy) is 3. The summed E-state index contributed by atoms with van der Waals surface area (Å²) in [7, 11) is 0. The predicted octanol–water partition coefficient (Wildman–Crippen LogP) is 2.75. The van der Waals surface area contributed by atoms with Crippen molar-refractivity contribution in [1.82, 2.24) is 0 Å². The number of halogens is 8. The van der Waals surface area contributed by atoms with Crippen molar-refractivity contribution in [2.45, 2.75) is 24.7 Å². The van der Waals surface area contributed by atoms with E-state index in [1.165, 1.54) is 0 Å². The van der Waals surface area contributed by atoms with Crippen molar-refractivity contribution in [3.05, 3.63) is 0 Å². The van der Waals surface area contributed by atoms with Crippen LogP contribution in [-0.2, 0) is 14.2 Å². The van der Waals surface area contributed by atoms with Crippen molar-refractivity contribution < 1.29 is 49.3 Å². The van der Waals surface area contributed by atoms with E-state index in [-0.39, 0.29) is 0 Å². The van der Waals surface area contributed by atoms with Gasteiger partial charge < -0.3 is 14.2 Å². The normalized spacial score (nSPS) is 13.6. The van der Waals surface area contributed by atoms with Crippen LogP contribution in [0, 0.1) is 0 Å². The fourth-order valence-electron chi connectivity index (χ4n) is 0.633. The smallest absolute Gasteiger partial charge is 0.330 e. The second-order valence-corrected chi connectivity index (χ2v) is 3.26. The van der Waals surface area contributed by atoms with Crippen LogP contribution in [-0.4, -0.2) is 51.5 Å². The van der Waals surface area contributed by atoms with Crippen LogP contribution < -0.4 is 0 Å². The molecule has 3 nitrogen and oxygen atoms in total. The van der Waals surface area contributed by atoms with Crippen LogP contribution in [0.25, 0.3) is 0 Å². The van der Waals surface area contributed by atoms with E-state index in [4.69, 9.17) is 0 Å². The minimum absolute atomic E-state index is 0.942. The van der Waals surface area contributed by atoms with Gasteiger partial charge in [0.25, 0.3) is 0 Å². The third kappa shape index (κ3) is 7.47. The molecule has 0 aromatic carbocycles. The Morgan fingerprint density at radius 3 is 1.21 bits per heavy atom. The lowest BCUT2D eigenvalue weighted by Gasteiger charge is -2.16. The Balaban J connectivity index is 3.57. The van der Waals surface area contributed by atoms with Crippen molar-refractivity contribution in [2.75, 3.05) is 26.8 Å². The Hall–Kier alpha value is -0.680. The molecule has 19 heavy (non-hydrogen) atoms. The van der Waals surface area contributed by atoms with Gasteiger partial charge in [-0.2, -0.15) is 17.6 Å². The van der Waals surface area contributed by atoms with Crippen LogP contribution >= 0.6 is 0 Å². The highest BCUT2D eigenvalue weighted by atomic mass is 19.3. The standard InChI is InChI=1S/C8H10F8O3/c9-5(10)7(13,14)1-17-3-19-4-18-2-8(15,16)6(11)12/h5-6H,1-4H2. The number of hydrogen-bond donors (Lipinski definition) is 0. The maximum atomic E-state index is 12.2. The number of rotatable bonds is 10. The molecule has 0 fully saturated rings. The minimum Gasteiger partial charge on any atom is -0.349 e. The minimum atomic E-state index is -4.37. The van der Waals surface area contributed by atoms with Gasteiger partial charge in [0.1, 0.15) is 26.8 Å². The van der Waals surface area contributed by atoms with Crippen LogP contribution in [0.1, 0.15) is 0 Å². The molecule has 0 radical (unpaired) electrons. The zero-order valence-corrected chi connectivity index (χ0v) is 9.23. The molecule has 0 heterocycles. The molecule has 0 N–H and O–H groups in total. The van der Waals surface area contributed by atoms with Crippen molar-refractivity contribution >= 4 is 0 Å². The molecule has 11 heteroatoms. The van der Waals surface area contributed by atoms with Gasteiger partial charge in [0.2, 0.25) is 0 Å². The molecule has 0 saturated heterocycles. The van der Waals surface area contributed by atoms with Crippen LogP contribution in [0.4, 0.5) is 35.1 Å². The van der Waals surface area contributed by atoms with Crippen molar-refractivity contribution in [3.8, 4) is 0 Å². The Labute approximate surface area is 102 Å². The monoisotopic (exact) mass is 306 g/mol. The molecule has 0 aromatic heterocycles. The summed E-state index contributed by atoms with van der Waals surface area (Å²) in [6, 6.07) is 0. The highest BCUT2D eigenvalue weighted by Gasteiger charge is 2.41. The predicted molar refractivity (Wildman–Crippen MR) is 44.6 cm³/mol. The van der Waals surface area contributed by atoms with Gasteiger partial charge in [0.05, 0.1) is 0 Å². The van der Waals surface area contributed by atoms with Crippen molar-refractivity contribution in [2.24, 2.45) is 0 Å². The first kappa shape index (κ1) is 18.3. The zero-order valence-electron chi connectivity index (χ0n) is 9.23. The zero-order chi connectivity index (χ0) is 15.1. The molecule has 0 aliphatic carbocycles. The third-order valence-corrected chi connectivity index (χ3v) is 1.56. The maximum absolute atomic E-state index is 12.2. The highest BCUT2D eigenvalue weighted by Crippen LogP contribution is 2.23. The van der Waals surface area contributed by atoms with Gasteiger partial charge in [0, 0.05) is 0 Å². The topological polar surface area (TPSA) is 27.7 Å². The average molecular weight is 306 g/mol. The van der Waals surface area contributed by atoms with E-state index in [9.17, 15) is 35.1 Å². The molecule has 0 atom stereocenters. The van der Waals surface area contributed by atoms with E-state index in [1.807, 2.05) is 0 Å². The molecular weight excluding hydrogens is 296 g/mol. The first-order valence-corrected chi connectivity index (χ1v) is 4.65. The summed E-state index contributed by atoms with van der Waals surface area (Å²) >= 11 is 0. The van der Waals surface area contributed by atoms with E-state index in [0.29, 0.717) is 0 Å².